The molecule has 2 fully saturated rings. The molecule has 0 aromatic rings. The normalized spacial score (nSPS) is 29.2. The van der Waals surface area contributed by atoms with Crippen LogP contribution in [0.1, 0.15) is 78.1 Å². The molecule has 0 aromatic heterocycles. The molecule has 0 spiro atoms. The quantitative estimate of drug-likeness (QED) is 0.749. The molecule has 2 heteroatoms. The number of aliphatic hydroxyl groups is 1. The zero-order valence-electron chi connectivity index (χ0n) is 12.6. The summed E-state index contributed by atoms with van der Waals surface area (Å²) in [6.07, 6.45) is 10.8. The van der Waals surface area contributed by atoms with Crippen LogP contribution in [-0.4, -0.2) is 11.2 Å². The predicted molar refractivity (Wildman–Crippen MR) is 77.5 cm³/mol. The van der Waals surface area contributed by atoms with Crippen molar-refractivity contribution in [1.29, 1.82) is 5.26 Å². The van der Waals surface area contributed by atoms with Gasteiger partial charge in [-0.05, 0) is 49.9 Å². The first-order chi connectivity index (χ1) is 8.99. The third-order valence-electron chi connectivity index (χ3n) is 5.63. The minimum Gasteiger partial charge on any atom is -0.391 e. The van der Waals surface area contributed by atoms with Gasteiger partial charge in [0.25, 0.3) is 0 Å². The zero-order valence-corrected chi connectivity index (χ0v) is 12.6. The fraction of sp³-hybridized carbons (Fsp3) is 0.941. The van der Waals surface area contributed by atoms with Crippen LogP contribution >= 0.6 is 0 Å². The van der Waals surface area contributed by atoms with Crippen LogP contribution < -0.4 is 0 Å². The second-order valence-electron chi connectivity index (χ2n) is 7.63. The van der Waals surface area contributed by atoms with Gasteiger partial charge in [-0.15, -0.1) is 0 Å². The molecule has 2 nitrogen and oxygen atoms in total. The molecule has 2 aliphatic carbocycles. The van der Waals surface area contributed by atoms with E-state index in [1.807, 2.05) is 0 Å². The summed E-state index contributed by atoms with van der Waals surface area (Å²) >= 11 is 0. The van der Waals surface area contributed by atoms with Gasteiger partial charge >= 0.3 is 0 Å². The molecule has 0 saturated heterocycles. The van der Waals surface area contributed by atoms with E-state index in [9.17, 15) is 10.4 Å². The van der Waals surface area contributed by atoms with Crippen molar-refractivity contribution in [3.8, 4) is 6.07 Å². The molecule has 0 bridgehead atoms. The third-order valence-corrected chi connectivity index (χ3v) is 5.63. The molecule has 0 radical (unpaired) electrons. The van der Waals surface area contributed by atoms with Crippen LogP contribution in [0.15, 0.2) is 0 Å². The summed E-state index contributed by atoms with van der Waals surface area (Å²) in [5.41, 5.74) is -0.103. The number of rotatable bonds is 2. The van der Waals surface area contributed by atoms with Crippen LogP contribution in [0.3, 0.4) is 0 Å². The second-order valence-corrected chi connectivity index (χ2v) is 7.63. The van der Waals surface area contributed by atoms with Crippen LogP contribution in [0.4, 0.5) is 0 Å². The molecular weight excluding hydrogens is 234 g/mol. The van der Waals surface area contributed by atoms with Crippen LogP contribution in [0.2, 0.25) is 0 Å². The summed E-state index contributed by atoms with van der Waals surface area (Å²) in [6.45, 7) is 4.57. The summed E-state index contributed by atoms with van der Waals surface area (Å²) in [4.78, 5) is 0. The average Bonchev–Trinajstić information content (AvgIpc) is 2.67. The molecule has 0 aromatic carbocycles. The number of hydrogen-bond acceptors (Lipinski definition) is 2. The Kier molecular flexibility index (Phi) is 4.56. The molecule has 1 atom stereocenters. The fourth-order valence-electron chi connectivity index (χ4n) is 3.92. The molecule has 0 aliphatic heterocycles. The first-order valence-electron chi connectivity index (χ1n) is 8.08. The number of aliphatic hydroxyl groups excluding tert-OH is 1. The van der Waals surface area contributed by atoms with E-state index in [1.54, 1.807) is 0 Å². The minimum atomic E-state index is -0.454. The molecule has 108 valence electrons. The van der Waals surface area contributed by atoms with Crippen molar-refractivity contribution in [2.24, 2.45) is 16.7 Å². The van der Waals surface area contributed by atoms with E-state index in [0.717, 1.165) is 38.5 Å². The van der Waals surface area contributed by atoms with Gasteiger partial charge < -0.3 is 5.11 Å². The lowest BCUT2D eigenvalue weighted by atomic mass is 9.61. The van der Waals surface area contributed by atoms with Gasteiger partial charge in [-0.1, -0.05) is 39.5 Å². The highest BCUT2D eigenvalue weighted by molar-refractivity contribution is 5.08. The largest absolute Gasteiger partial charge is 0.391 e. The number of nitriles is 1. The number of hydrogen-bond donors (Lipinski definition) is 1. The lowest BCUT2D eigenvalue weighted by Gasteiger charge is -2.44. The van der Waals surface area contributed by atoms with Gasteiger partial charge in [-0.2, -0.15) is 5.26 Å². The topological polar surface area (TPSA) is 44.0 Å². The van der Waals surface area contributed by atoms with Crippen molar-refractivity contribution in [2.45, 2.75) is 84.2 Å². The monoisotopic (exact) mass is 263 g/mol. The highest BCUT2D eigenvalue weighted by atomic mass is 16.3. The predicted octanol–water partition coefficient (Wildman–Crippen LogP) is 4.43. The van der Waals surface area contributed by atoms with Gasteiger partial charge in [0.15, 0.2) is 0 Å². The Labute approximate surface area is 118 Å². The highest BCUT2D eigenvalue weighted by Crippen LogP contribution is 2.49. The van der Waals surface area contributed by atoms with E-state index in [2.05, 4.69) is 19.9 Å². The summed E-state index contributed by atoms with van der Waals surface area (Å²) in [5, 5.41) is 20.5. The van der Waals surface area contributed by atoms with E-state index >= 15 is 0 Å². The lowest BCUT2D eigenvalue weighted by molar-refractivity contribution is -0.0297. The van der Waals surface area contributed by atoms with Gasteiger partial charge in [0.2, 0.25) is 0 Å². The molecule has 2 aliphatic rings. The van der Waals surface area contributed by atoms with Crippen LogP contribution in [0.25, 0.3) is 0 Å². The Bertz CT molecular complexity index is 324. The summed E-state index contributed by atoms with van der Waals surface area (Å²) in [7, 11) is 0. The Hall–Kier alpha value is -0.550. The van der Waals surface area contributed by atoms with Gasteiger partial charge in [0.1, 0.15) is 0 Å². The van der Waals surface area contributed by atoms with E-state index in [4.69, 9.17) is 0 Å². The van der Waals surface area contributed by atoms with E-state index < -0.39 is 11.5 Å². The van der Waals surface area contributed by atoms with Crippen molar-refractivity contribution in [3.63, 3.8) is 0 Å². The molecular formula is C17H29NO. The minimum absolute atomic E-state index is 0.351. The molecule has 1 unspecified atom stereocenters. The van der Waals surface area contributed by atoms with Crippen molar-refractivity contribution in [2.75, 3.05) is 0 Å². The Balaban J connectivity index is 2.06. The van der Waals surface area contributed by atoms with Crippen molar-refractivity contribution in [3.05, 3.63) is 0 Å². The first kappa shape index (κ1) is 14.9. The Morgan fingerprint density at radius 2 is 1.53 bits per heavy atom. The van der Waals surface area contributed by atoms with Crippen molar-refractivity contribution >= 4 is 0 Å². The molecule has 2 saturated carbocycles. The van der Waals surface area contributed by atoms with Crippen LogP contribution in [-0.2, 0) is 0 Å². The maximum Gasteiger partial charge on any atom is 0.0835 e. The summed E-state index contributed by atoms with van der Waals surface area (Å²) in [6, 6.07) is 2.52. The average molecular weight is 263 g/mol. The van der Waals surface area contributed by atoms with E-state index in [-0.39, 0.29) is 0 Å². The van der Waals surface area contributed by atoms with Gasteiger partial charge in [0, 0.05) is 0 Å². The first-order valence-corrected chi connectivity index (χ1v) is 8.08. The Morgan fingerprint density at radius 3 is 2.00 bits per heavy atom. The zero-order chi connectivity index (χ0) is 13.9. The van der Waals surface area contributed by atoms with Crippen LogP contribution in [0, 0.1) is 28.1 Å². The fourth-order valence-corrected chi connectivity index (χ4v) is 3.92. The van der Waals surface area contributed by atoms with E-state index in [1.165, 1.54) is 25.7 Å². The highest BCUT2D eigenvalue weighted by Gasteiger charge is 2.46. The maximum atomic E-state index is 10.8. The molecule has 19 heavy (non-hydrogen) atoms. The molecule has 1 N–H and O–H groups in total. The van der Waals surface area contributed by atoms with Crippen molar-refractivity contribution in [1.82, 2.24) is 0 Å². The SMILES string of the molecule is CC1(C)CCC(C#N)(C(O)C2CCCCCC2)CC1. The summed E-state index contributed by atoms with van der Waals surface area (Å²) < 4.78 is 0. The van der Waals surface area contributed by atoms with E-state index in [0.29, 0.717) is 11.3 Å². The maximum absolute atomic E-state index is 10.8. The molecule has 2 rings (SSSR count). The third kappa shape index (κ3) is 3.31. The van der Waals surface area contributed by atoms with Gasteiger partial charge in [-0.25, -0.2) is 0 Å². The smallest absolute Gasteiger partial charge is 0.0835 e. The standard InChI is InChI=1S/C17H29NO/c1-16(2)9-11-17(13-18,12-10-16)15(19)14-7-5-3-4-6-8-14/h14-15,19H,3-12H2,1-2H3. The molecule has 0 heterocycles. The van der Waals surface area contributed by atoms with Crippen molar-refractivity contribution < 1.29 is 5.11 Å². The number of nitrogens with zero attached hydrogens (tertiary/aromatic N) is 1. The van der Waals surface area contributed by atoms with Gasteiger partial charge in [-0.3, -0.25) is 0 Å². The Morgan fingerprint density at radius 1 is 1.00 bits per heavy atom. The molecule has 0 amide bonds. The lowest BCUT2D eigenvalue weighted by Crippen LogP contribution is -2.43. The summed E-state index contributed by atoms with van der Waals surface area (Å²) in [5.74, 6) is 0.364. The second kappa shape index (κ2) is 5.83. The van der Waals surface area contributed by atoms with Crippen LogP contribution in [0.5, 0.6) is 0 Å². The van der Waals surface area contributed by atoms with Gasteiger partial charge in [0.05, 0.1) is 17.6 Å².